The lowest BCUT2D eigenvalue weighted by Crippen LogP contribution is -2.55. The molecule has 3 aliphatic heterocycles. The van der Waals surface area contributed by atoms with Crippen molar-refractivity contribution in [1.29, 1.82) is 0 Å². The minimum Gasteiger partial charge on any atom is -0.469 e. The third-order valence-corrected chi connectivity index (χ3v) is 6.51. The van der Waals surface area contributed by atoms with E-state index >= 15 is 0 Å². The quantitative estimate of drug-likeness (QED) is 0.611. The van der Waals surface area contributed by atoms with Crippen molar-refractivity contribution < 1.29 is 23.8 Å². The van der Waals surface area contributed by atoms with E-state index in [0.29, 0.717) is 32.1 Å². The molecule has 2 saturated heterocycles. The molecule has 3 aliphatic rings. The van der Waals surface area contributed by atoms with E-state index in [1.54, 1.807) is 0 Å². The van der Waals surface area contributed by atoms with Gasteiger partial charge in [-0.05, 0) is 37.0 Å². The molecule has 0 N–H and O–H groups in total. The molecule has 1 aromatic rings. The van der Waals surface area contributed by atoms with E-state index in [1.807, 2.05) is 11.0 Å². The number of amides is 1. The Bertz CT molecular complexity index is 778. The average Bonchev–Trinajstić information content (AvgIpc) is 3.27. The number of nitrogens with zero attached hydrogens (tertiary/aromatic N) is 3. The van der Waals surface area contributed by atoms with Gasteiger partial charge in [0, 0.05) is 64.7 Å². The van der Waals surface area contributed by atoms with Crippen molar-refractivity contribution in [2.45, 2.75) is 44.7 Å². The summed E-state index contributed by atoms with van der Waals surface area (Å²) in [5.74, 6) is 1.59. The second-order valence-corrected chi connectivity index (χ2v) is 8.57. The van der Waals surface area contributed by atoms with Gasteiger partial charge in [-0.15, -0.1) is 0 Å². The van der Waals surface area contributed by atoms with Gasteiger partial charge >= 0.3 is 5.97 Å². The van der Waals surface area contributed by atoms with Crippen molar-refractivity contribution in [1.82, 2.24) is 14.7 Å². The van der Waals surface area contributed by atoms with E-state index in [4.69, 9.17) is 9.47 Å². The number of carbonyl (C=O) groups is 2. The fourth-order valence-electron chi connectivity index (χ4n) is 4.71. The lowest BCUT2D eigenvalue weighted by atomic mass is 10.0. The molecule has 1 aromatic carbocycles. The van der Waals surface area contributed by atoms with Crippen molar-refractivity contribution in [2.24, 2.45) is 0 Å². The Balaban J connectivity index is 1.21. The molecule has 4 rings (SSSR count). The van der Waals surface area contributed by atoms with Crippen LogP contribution in [0.2, 0.25) is 0 Å². The number of benzene rings is 1. The number of carbonyl (C=O) groups excluding carboxylic acids is 2. The lowest BCUT2D eigenvalue weighted by molar-refractivity contribution is -0.141. The first-order valence-corrected chi connectivity index (χ1v) is 11.3. The summed E-state index contributed by atoms with van der Waals surface area (Å²) in [5.41, 5.74) is 1.25. The molecule has 31 heavy (non-hydrogen) atoms. The fraction of sp³-hybridized carbons (Fsp3) is 0.652. The van der Waals surface area contributed by atoms with Crippen molar-refractivity contribution >= 4 is 11.9 Å². The molecule has 1 atom stereocenters. The molecule has 3 heterocycles. The summed E-state index contributed by atoms with van der Waals surface area (Å²) in [6, 6.07) is 6.63. The Hall–Kier alpha value is -2.32. The molecule has 170 valence electrons. The van der Waals surface area contributed by atoms with Crippen molar-refractivity contribution in [3.05, 3.63) is 23.8 Å². The maximum Gasteiger partial charge on any atom is 0.305 e. The Morgan fingerprint density at radius 3 is 2.68 bits per heavy atom. The molecule has 0 spiro atoms. The molecule has 0 saturated carbocycles. The van der Waals surface area contributed by atoms with Crippen LogP contribution in [0.5, 0.6) is 11.5 Å². The van der Waals surface area contributed by atoms with Crippen LogP contribution in [0.1, 0.15) is 37.7 Å². The molecule has 0 aliphatic carbocycles. The zero-order valence-electron chi connectivity index (χ0n) is 18.4. The van der Waals surface area contributed by atoms with Crippen LogP contribution in [0.4, 0.5) is 0 Å². The SMILES string of the molecule is COC(=O)CCCC(=O)N1CCC[C@H](N2CCN(Cc3ccc4c(c3)OCO4)CC2)C1. The Labute approximate surface area is 184 Å². The number of ether oxygens (including phenoxy) is 3. The maximum absolute atomic E-state index is 12.6. The summed E-state index contributed by atoms with van der Waals surface area (Å²) >= 11 is 0. The van der Waals surface area contributed by atoms with Gasteiger partial charge < -0.3 is 19.1 Å². The highest BCUT2D eigenvalue weighted by atomic mass is 16.7. The molecular weight excluding hydrogens is 398 g/mol. The van der Waals surface area contributed by atoms with Gasteiger partial charge in [0.15, 0.2) is 11.5 Å². The second-order valence-electron chi connectivity index (χ2n) is 8.57. The lowest BCUT2D eigenvalue weighted by Gasteiger charge is -2.43. The van der Waals surface area contributed by atoms with Gasteiger partial charge in [0.25, 0.3) is 0 Å². The Kier molecular flexibility index (Phi) is 7.29. The molecular formula is C23H33N3O5. The number of rotatable bonds is 7. The maximum atomic E-state index is 12.6. The smallest absolute Gasteiger partial charge is 0.305 e. The first-order valence-electron chi connectivity index (χ1n) is 11.3. The number of hydrogen-bond donors (Lipinski definition) is 0. The van der Waals surface area contributed by atoms with Crippen molar-refractivity contribution in [2.75, 3.05) is 53.2 Å². The first kappa shape index (κ1) is 21.9. The molecule has 0 radical (unpaired) electrons. The Morgan fingerprint density at radius 2 is 1.87 bits per heavy atom. The topological polar surface area (TPSA) is 71.6 Å². The predicted octanol–water partition coefficient (Wildman–Crippen LogP) is 1.87. The highest BCUT2D eigenvalue weighted by molar-refractivity contribution is 5.77. The van der Waals surface area contributed by atoms with E-state index in [1.165, 1.54) is 12.7 Å². The zero-order valence-corrected chi connectivity index (χ0v) is 18.4. The van der Waals surface area contributed by atoms with Crippen LogP contribution in [0.15, 0.2) is 18.2 Å². The van der Waals surface area contributed by atoms with Gasteiger partial charge in [-0.1, -0.05) is 6.07 Å². The summed E-state index contributed by atoms with van der Waals surface area (Å²) in [6.45, 7) is 6.97. The molecule has 0 aromatic heterocycles. The van der Waals surface area contributed by atoms with Gasteiger partial charge in [0.1, 0.15) is 0 Å². The van der Waals surface area contributed by atoms with Gasteiger partial charge in [0.05, 0.1) is 7.11 Å². The number of likely N-dealkylation sites (tertiary alicyclic amines) is 1. The number of hydrogen-bond acceptors (Lipinski definition) is 7. The third kappa shape index (κ3) is 5.68. The molecule has 8 nitrogen and oxygen atoms in total. The van der Waals surface area contributed by atoms with Gasteiger partial charge in [-0.25, -0.2) is 0 Å². The van der Waals surface area contributed by atoms with E-state index < -0.39 is 0 Å². The van der Waals surface area contributed by atoms with Gasteiger partial charge in [-0.3, -0.25) is 19.4 Å². The monoisotopic (exact) mass is 431 g/mol. The first-order chi connectivity index (χ1) is 15.1. The van der Waals surface area contributed by atoms with Crippen LogP contribution in [0.25, 0.3) is 0 Å². The van der Waals surface area contributed by atoms with Crippen molar-refractivity contribution in [3.8, 4) is 11.5 Å². The van der Waals surface area contributed by atoms with Crippen LogP contribution >= 0.6 is 0 Å². The number of esters is 1. The van der Waals surface area contributed by atoms with E-state index in [-0.39, 0.29) is 11.9 Å². The molecule has 0 unspecified atom stereocenters. The summed E-state index contributed by atoms with van der Waals surface area (Å²) < 4.78 is 15.5. The second kappa shape index (κ2) is 10.3. The van der Waals surface area contributed by atoms with Crippen LogP contribution in [-0.4, -0.2) is 85.8 Å². The number of piperazine rings is 1. The highest BCUT2D eigenvalue weighted by Gasteiger charge is 2.30. The standard InChI is InChI=1S/C23H33N3O5/c1-29-23(28)6-2-5-22(27)26-9-3-4-19(16-26)25-12-10-24(11-13-25)15-18-7-8-20-21(14-18)31-17-30-20/h7-8,14,19H,2-6,9-13,15-17H2,1H3/t19-/m0/s1. The molecule has 2 fully saturated rings. The highest BCUT2D eigenvalue weighted by Crippen LogP contribution is 2.33. The van der Waals surface area contributed by atoms with Crippen LogP contribution < -0.4 is 9.47 Å². The minimum absolute atomic E-state index is 0.162. The minimum atomic E-state index is -0.247. The molecule has 0 bridgehead atoms. The van der Waals surface area contributed by atoms with Crippen LogP contribution in [0, 0.1) is 0 Å². The predicted molar refractivity (Wildman–Crippen MR) is 115 cm³/mol. The van der Waals surface area contributed by atoms with E-state index in [2.05, 4.69) is 26.7 Å². The zero-order chi connectivity index (χ0) is 21.6. The van der Waals surface area contributed by atoms with Crippen LogP contribution in [-0.2, 0) is 20.9 Å². The van der Waals surface area contributed by atoms with E-state index in [0.717, 1.165) is 70.2 Å². The van der Waals surface area contributed by atoms with Crippen LogP contribution in [0.3, 0.4) is 0 Å². The average molecular weight is 432 g/mol. The summed E-state index contributed by atoms with van der Waals surface area (Å²) in [5, 5.41) is 0. The summed E-state index contributed by atoms with van der Waals surface area (Å²) in [4.78, 5) is 30.8. The third-order valence-electron chi connectivity index (χ3n) is 6.51. The normalized spacial score (nSPS) is 21.8. The van der Waals surface area contributed by atoms with Crippen molar-refractivity contribution in [3.63, 3.8) is 0 Å². The summed E-state index contributed by atoms with van der Waals surface area (Å²) in [6.07, 6.45) is 3.49. The van der Waals surface area contributed by atoms with Gasteiger partial charge in [-0.2, -0.15) is 0 Å². The van der Waals surface area contributed by atoms with E-state index in [9.17, 15) is 9.59 Å². The molecule has 1 amide bonds. The largest absolute Gasteiger partial charge is 0.469 e. The van der Waals surface area contributed by atoms with Gasteiger partial charge in [0.2, 0.25) is 12.7 Å². The number of fused-ring (bicyclic) bond motifs is 1. The fourth-order valence-corrected chi connectivity index (χ4v) is 4.71. The molecule has 8 heteroatoms. The number of piperidine rings is 1. The summed E-state index contributed by atoms with van der Waals surface area (Å²) in [7, 11) is 1.38. The number of methoxy groups -OCH3 is 1. The Morgan fingerprint density at radius 1 is 1.06 bits per heavy atom.